The fourth-order valence-corrected chi connectivity index (χ4v) is 4.98. The molecule has 3 saturated heterocycles. The summed E-state index contributed by atoms with van der Waals surface area (Å²) in [6.07, 6.45) is 1.71. The van der Waals surface area contributed by atoms with E-state index in [1.54, 1.807) is 12.1 Å². The van der Waals surface area contributed by atoms with Crippen molar-refractivity contribution in [2.75, 3.05) is 52.5 Å². The zero-order chi connectivity index (χ0) is 22.7. The zero-order valence-corrected chi connectivity index (χ0v) is 19.3. The summed E-state index contributed by atoms with van der Waals surface area (Å²) >= 11 is 5.92. The first kappa shape index (κ1) is 23.0. The quantitative estimate of drug-likeness (QED) is 0.651. The van der Waals surface area contributed by atoms with Crippen molar-refractivity contribution in [1.82, 2.24) is 20.0 Å². The molecule has 0 bridgehead atoms. The van der Waals surface area contributed by atoms with Crippen molar-refractivity contribution in [3.05, 3.63) is 34.9 Å². The molecule has 4 rings (SSSR count). The predicted molar refractivity (Wildman–Crippen MR) is 120 cm³/mol. The molecular weight excluding hydrogens is 432 g/mol. The second-order valence-corrected chi connectivity index (χ2v) is 9.44. The van der Waals surface area contributed by atoms with Gasteiger partial charge in [-0.2, -0.15) is 0 Å². The first-order chi connectivity index (χ1) is 15.4. The van der Waals surface area contributed by atoms with Crippen LogP contribution in [0.1, 0.15) is 25.3 Å². The molecule has 1 atom stereocenters. The summed E-state index contributed by atoms with van der Waals surface area (Å²) in [4.78, 5) is 43.9. The van der Waals surface area contributed by atoms with E-state index < -0.39 is 5.54 Å². The number of hydrogen-bond donors (Lipinski definition) is 1. The van der Waals surface area contributed by atoms with Gasteiger partial charge in [0.15, 0.2) is 0 Å². The van der Waals surface area contributed by atoms with Crippen LogP contribution in [0.25, 0.3) is 0 Å². The molecule has 0 spiro atoms. The summed E-state index contributed by atoms with van der Waals surface area (Å²) < 4.78 is 5.35. The van der Waals surface area contributed by atoms with Gasteiger partial charge in [0.05, 0.1) is 19.6 Å². The number of halogens is 1. The van der Waals surface area contributed by atoms with Crippen molar-refractivity contribution in [3.63, 3.8) is 0 Å². The molecular formula is C23H31ClN4O4. The third kappa shape index (κ3) is 4.92. The van der Waals surface area contributed by atoms with E-state index in [4.69, 9.17) is 16.3 Å². The molecule has 8 nitrogen and oxygen atoms in total. The van der Waals surface area contributed by atoms with Gasteiger partial charge in [-0.25, -0.2) is 4.79 Å². The van der Waals surface area contributed by atoms with Gasteiger partial charge in [0.2, 0.25) is 5.91 Å². The highest BCUT2D eigenvalue weighted by atomic mass is 35.5. The largest absolute Gasteiger partial charge is 0.379 e. The molecule has 1 unspecified atom stereocenters. The Hall–Kier alpha value is -2.16. The van der Waals surface area contributed by atoms with Crippen LogP contribution in [-0.2, 0) is 20.7 Å². The number of urea groups is 1. The van der Waals surface area contributed by atoms with Crippen LogP contribution in [-0.4, -0.2) is 90.6 Å². The van der Waals surface area contributed by atoms with Crippen molar-refractivity contribution in [1.29, 1.82) is 0 Å². The van der Waals surface area contributed by atoms with E-state index >= 15 is 0 Å². The SMILES string of the molecule is CC1(C2CCN(C(=O)Cc3ccc(Cl)cc3)CC2)NC(=O)N(CCN2CCOCC2)C1=O. The number of ether oxygens (including phenoxy) is 1. The number of amides is 4. The van der Waals surface area contributed by atoms with E-state index in [0.29, 0.717) is 63.7 Å². The number of carbonyl (C=O) groups excluding carboxylic acids is 3. The molecule has 3 aliphatic heterocycles. The number of nitrogens with zero attached hydrogens (tertiary/aromatic N) is 3. The van der Waals surface area contributed by atoms with Crippen LogP contribution < -0.4 is 5.32 Å². The van der Waals surface area contributed by atoms with Crippen LogP contribution in [0.5, 0.6) is 0 Å². The summed E-state index contributed by atoms with van der Waals surface area (Å²) in [5, 5.41) is 3.61. The van der Waals surface area contributed by atoms with Crippen LogP contribution >= 0.6 is 11.6 Å². The lowest BCUT2D eigenvalue weighted by Crippen LogP contribution is -2.54. The van der Waals surface area contributed by atoms with Gasteiger partial charge in [-0.15, -0.1) is 0 Å². The number of nitrogens with one attached hydrogen (secondary N) is 1. The normalized spacial score (nSPS) is 25.3. The number of piperidine rings is 1. The Labute approximate surface area is 193 Å². The number of morpholine rings is 1. The van der Waals surface area contributed by atoms with Gasteiger partial charge in [0, 0.05) is 44.3 Å². The van der Waals surface area contributed by atoms with Gasteiger partial charge in [0.1, 0.15) is 5.54 Å². The maximum Gasteiger partial charge on any atom is 0.325 e. The Bertz CT molecular complexity index is 850. The van der Waals surface area contributed by atoms with Gasteiger partial charge in [0.25, 0.3) is 5.91 Å². The minimum atomic E-state index is -0.909. The average Bonchev–Trinajstić information content (AvgIpc) is 3.03. The average molecular weight is 463 g/mol. The molecule has 4 amide bonds. The summed E-state index contributed by atoms with van der Waals surface area (Å²) in [5.74, 6) is -0.0709. The zero-order valence-electron chi connectivity index (χ0n) is 18.5. The maximum absolute atomic E-state index is 13.2. The standard InChI is InChI=1S/C23H31ClN4O4/c1-23(21(30)28(22(31)25-23)11-10-26-12-14-32-15-13-26)18-6-8-27(9-7-18)20(29)16-17-2-4-19(24)5-3-17/h2-5,18H,6-16H2,1H3,(H,25,31). The number of carbonyl (C=O) groups is 3. The van der Waals surface area contributed by atoms with E-state index in [0.717, 1.165) is 18.7 Å². The predicted octanol–water partition coefficient (Wildman–Crippen LogP) is 1.76. The fraction of sp³-hybridized carbons (Fsp3) is 0.609. The van der Waals surface area contributed by atoms with Gasteiger partial charge >= 0.3 is 6.03 Å². The highest BCUT2D eigenvalue weighted by molar-refractivity contribution is 6.30. The molecule has 174 valence electrons. The van der Waals surface area contributed by atoms with Crippen molar-refractivity contribution in [3.8, 4) is 0 Å². The van der Waals surface area contributed by atoms with Crippen molar-refractivity contribution < 1.29 is 19.1 Å². The summed E-state index contributed by atoms with van der Waals surface area (Å²) in [7, 11) is 0. The molecule has 0 aliphatic carbocycles. The third-order valence-corrected chi connectivity index (χ3v) is 7.23. The summed E-state index contributed by atoms with van der Waals surface area (Å²) in [6.45, 7) is 7.08. The maximum atomic E-state index is 13.2. The monoisotopic (exact) mass is 462 g/mol. The molecule has 3 fully saturated rings. The van der Waals surface area contributed by atoms with Crippen molar-refractivity contribution in [2.45, 2.75) is 31.7 Å². The smallest absolute Gasteiger partial charge is 0.325 e. The van der Waals surface area contributed by atoms with Gasteiger partial charge in [-0.1, -0.05) is 23.7 Å². The molecule has 0 aromatic heterocycles. The first-order valence-corrected chi connectivity index (χ1v) is 11.7. The van der Waals surface area contributed by atoms with Crippen LogP contribution in [0.15, 0.2) is 24.3 Å². The summed E-state index contributed by atoms with van der Waals surface area (Å²) in [5.41, 5.74) is 0.0237. The van der Waals surface area contributed by atoms with E-state index in [2.05, 4.69) is 10.2 Å². The fourth-order valence-electron chi connectivity index (χ4n) is 4.86. The summed E-state index contributed by atoms with van der Waals surface area (Å²) in [6, 6.07) is 7.00. The Kier molecular flexibility index (Phi) is 7.02. The van der Waals surface area contributed by atoms with Crippen LogP contribution in [0.4, 0.5) is 4.79 Å². The second-order valence-electron chi connectivity index (χ2n) is 9.00. The molecule has 0 radical (unpaired) electrons. The molecule has 1 aromatic carbocycles. The lowest BCUT2D eigenvalue weighted by atomic mass is 9.79. The number of imide groups is 1. The van der Waals surface area contributed by atoms with Crippen LogP contribution in [0, 0.1) is 5.92 Å². The van der Waals surface area contributed by atoms with Crippen molar-refractivity contribution in [2.24, 2.45) is 5.92 Å². The molecule has 3 heterocycles. The van der Waals surface area contributed by atoms with Gasteiger partial charge < -0.3 is 15.0 Å². The Balaban J connectivity index is 1.30. The molecule has 32 heavy (non-hydrogen) atoms. The molecule has 1 N–H and O–H groups in total. The Morgan fingerprint density at radius 3 is 2.41 bits per heavy atom. The first-order valence-electron chi connectivity index (χ1n) is 11.3. The minimum absolute atomic E-state index is 0.00641. The topological polar surface area (TPSA) is 82.2 Å². The second kappa shape index (κ2) is 9.77. The highest BCUT2D eigenvalue weighted by Crippen LogP contribution is 2.33. The van der Waals surface area contributed by atoms with Gasteiger partial charge in [-0.3, -0.25) is 19.4 Å². The minimum Gasteiger partial charge on any atom is -0.379 e. The molecule has 0 saturated carbocycles. The van der Waals surface area contributed by atoms with Gasteiger partial charge in [-0.05, 0) is 43.4 Å². The Morgan fingerprint density at radius 1 is 1.09 bits per heavy atom. The van der Waals surface area contributed by atoms with Crippen molar-refractivity contribution >= 4 is 29.4 Å². The Morgan fingerprint density at radius 2 is 1.75 bits per heavy atom. The van der Waals surface area contributed by atoms with Crippen LogP contribution in [0.3, 0.4) is 0 Å². The lowest BCUT2D eigenvalue weighted by Gasteiger charge is -2.39. The number of rotatable bonds is 6. The number of likely N-dealkylation sites (tertiary alicyclic amines) is 1. The molecule has 1 aromatic rings. The highest BCUT2D eigenvalue weighted by Gasteiger charge is 2.52. The number of benzene rings is 1. The van der Waals surface area contributed by atoms with E-state index in [9.17, 15) is 14.4 Å². The van der Waals surface area contributed by atoms with Crippen LogP contribution in [0.2, 0.25) is 5.02 Å². The number of hydrogen-bond acceptors (Lipinski definition) is 5. The lowest BCUT2D eigenvalue weighted by molar-refractivity contribution is -0.135. The van der Waals surface area contributed by atoms with E-state index in [-0.39, 0.29) is 23.8 Å². The molecule has 9 heteroatoms. The molecule has 3 aliphatic rings. The third-order valence-electron chi connectivity index (χ3n) is 6.98. The van der Waals surface area contributed by atoms with E-state index in [1.807, 2.05) is 24.0 Å². The van der Waals surface area contributed by atoms with E-state index in [1.165, 1.54) is 4.90 Å².